The van der Waals surface area contributed by atoms with Crippen LogP contribution in [0.4, 0.5) is 4.79 Å². The van der Waals surface area contributed by atoms with E-state index in [4.69, 9.17) is 5.73 Å². The van der Waals surface area contributed by atoms with E-state index in [-0.39, 0.29) is 12.1 Å². The van der Waals surface area contributed by atoms with Gasteiger partial charge < -0.3 is 10.6 Å². The third kappa shape index (κ3) is 2.32. The third-order valence-electron chi connectivity index (χ3n) is 3.44. The highest BCUT2D eigenvalue weighted by atomic mass is 16.2. The number of carbonyl (C=O) groups excluding carboxylic acids is 1. The quantitative estimate of drug-likeness (QED) is 0.906. The molecule has 20 heavy (non-hydrogen) atoms. The molecule has 0 bridgehead atoms. The van der Waals surface area contributed by atoms with Crippen LogP contribution in [0, 0.1) is 6.92 Å². The summed E-state index contributed by atoms with van der Waals surface area (Å²) in [6.45, 7) is 2.05. The predicted molar refractivity (Wildman–Crippen MR) is 76.8 cm³/mol. The topological polar surface area (TPSA) is 73.3 Å². The first-order valence-electron chi connectivity index (χ1n) is 6.27. The molecule has 0 unspecified atom stereocenters. The van der Waals surface area contributed by atoms with Crippen molar-refractivity contribution in [3.05, 3.63) is 51.9 Å². The number of nitrogens with two attached hydrogens (primary N) is 1. The molecule has 0 fully saturated rings. The lowest BCUT2D eigenvalue weighted by Gasteiger charge is -2.12. The van der Waals surface area contributed by atoms with Gasteiger partial charge in [-0.05, 0) is 19.1 Å². The van der Waals surface area contributed by atoms with Gasteiger partial charge in [-0.15, -0.1) is 0 Å². The number of para-hydroxylation sites is 1. The van der Waals surface area contributed by atoms with E-state index in [2.05, 4.69) is 0 Å². The van der Waals surface area contributed by atoms with Gasteiger partial charge in [0.25, 0.3) is 5.56 Å². The minimum atomic E-state index is -0.557. The first-order valence-corrected chi connectivity index (χ1v) is 6.27. The van der Waals surface area contributed by atoms with Gasteiger partial charge in [0.1, 0.15) is 0 Å². The molecular formula is C14H18N4O2. The maximum absolute atomic E-state index is 12.5. The van der Waals surface area contributed by atoms with E-state index < -0.39 is 6.03 Å². The van der Waals surface area contributed by atoms with Crippen molar-refractivity contribution < 1.29 is 4.79 Å². The Morgan fingerprint density at radius 2 is 1.90 bits per heavy atom. The number of primary amides is 1. The number of benzene rings is 1. The highest BCUT2D eigenvalue weighted by Crippen LogP contribution is 2.11. The second-order valence-corrected chi connectivity index (χ2v) is 4.73. The third-order valence-corrected chi connectivity index (χ3v) is 3.44. The standard InChI is InChI=1S/C14H18N4O2/c1-10-12(9-16(2)14(15)20)13(19)18(17(10)3)11-7-5-4-6-8-11/h4-8H,9H2,1-3H3,(H2,15,20). The zero-order chi connectivity index (χ0) is 14.9. The largest absolute Gasteiger partial charge is 0.351 e. The summed E-state index contributed by atoms with van der Waals surface area (Å²) in [6.07, 6.45) is 0. The van der Waals surface area contributed by atoms with Crippen LogP contribution < -0.4 is 11.3 Å². The average Bonchev–Trinajstić information content (AvgIpc) is 2.63. The van der Waals surface area contributed by atoms with Crippen molar-refractivity contribution in [1.82, 2.24) is 14.3 Å². The number of hydrogen-bond donors (Lipinski definition) is 1. The lowest BCUT2D eigenvalue weighted by molar-refractivity contribution is 0.216. The Balaban J connectivity index is 2.53. The van der Waals surface area contributed by atoms with Crippen LogP contribution in [0.25, 0.3) is 5.69 Å². The fourth-order valence-corrected chi connectivity index (χ4v) is 2.12. The molecule has 0 aliphatic carbocycles. The maximum Gasteiger partial charge on any atom is 0.314 e. The van der Waals surface area contributed by atoms with Crippen LogP contribution in [0.5, 0.6) is 0 Å². The van der Waals surface area contributed by atoms with E-state index in [1.807, 2.05) is 44.3 Å². The summed E-state index contributed by atoms with van der Waals surface area (Å²) < 4.78 is 3.36. The maximum atomic E-state index is 12.5. The molecule has 1 aromatic carbocycles. The van der Waals surface area contributed by atoms with Gasteiger partial charge in [0.15, 0.2) is 0 Å². The molecule has 6 heteroatoms. The molecule has 0 atom stereocenters. The van der Waals surface area contributed by atoms with Crippen molar-refractivity contribution in [2.24, 2.45) is 12.8 Å². The number of carbonyl (C=O) groups is 1. The van der Waals surface area contributed by atoms with E-state index in [0.29, 0.717) is 5.56 Å². The Labute approximate surface area is 117 Å². The van der Waals surface area contributed by atoms with Crippen LogP contribution >= 0.6 is 0 Å². The number of amides is 2. The predicted octanol–water partition coefficient (Wildman–Crippen LogP) is 0.995. The molecule has 2 amide bonds. The van der Waals surface area contributed by atoms with Crippen LogP contribution in [0.15, 0.2) is 35.1 Å². The second-order valence-electron chi connectivity index (χ2n) is 4.73. The number of rotatable bonds is 3. The Morgan fingerprint density at radius 3 is 2.45 bits per heavy atom. The Bertz CT molecular complexity index is 685. The molecule has 0 aliphatic rings. The molecule has 0 aliphatic heterocycles. The monoisotopic (exact) mass is 274 g/mol. The van der Waals surface area contributed by atoms with Crippen molar-refractivity contribution in [2.45, 2.75) is 13.5 Å². The molecular weight excluding hydrogens is 256 g/mol. The van der Waals surface area contributed by atoms with E-state index >= 15 is 0 Å². The Morgan fingerprint density at radius 1 is 1.30 bits per heavy atom. The van der Waals surface area contributed by atoms with Crippen LogP contribution in [-0.4, -0.2) is 27.3 Å². The van der Waals surface area contributed by atoms with Gasteiger partial charge in [0.2, 0.25) is 0 Å². The number of hydrogen-bond acceptors (Lipinski definition) is 2. The first-order chi connectivity index (χ1) is 9.43. The Kier molecular flexibility index (Phi) is 3.65. The van der Waals surface area contributed by atoms with E-state index in [1.165, 1.54) is 4.90 Å². The smallest absolute Gasteiger partial charge is 0.314 e. The van der Waals surface area contributed by atoms with Gasteiger partial charge in [0, 0.05) is 19.8 Å². The van der Waals surface area contributed by atoms with Gasteiger partial charge in [-0.25, -0.2) is 9.48 Å². The lowest BCUT2D eigenvalue weighted by atomic mass is 10.2. The van der Waals surface area contributed by atoms with E-state index in [9.17, 15) is 9.59 Å². The number of aromatic nitrogens is 2. The Hall–Kier alpha value is -2.50. The number of urea groups is 1. The van der Waals surface area contributed by atoms with E-state index in [0.717, 1.165) is 11.4 Å². The summed E-state index contributed by atoms with van der Waals surface area (Å²) in [4.78, 5) is 25.0. The first kappa shape index (κ1) is 13.9. The molecule has 0 radical (unpaired) electrons. The molecule has 0 saturated heterocycles. The van der Waals surface area contributed by atoms with Gasteiger partial charge >= 0.3 is 6.03 Å². The molecule has 106 valence electrons. The van der Waals surface area contributed by atoms with Crippen molar-refractivity contribution in [3.8, 4) is 5.69 Å². The van der Waals surface area contributed by atoms with Crippen molar-refractivity contribution in [2.75, 3.05) is 7.05 Å². The molecule has 0 spiro atoms. The fourth-order valence-electron chi connectivity index (χ4n) is 2.12. The fraction of sp³-hybridized carbons (Fsp3) is 0.286. The number of nitrogens with zero attached hydrogens (tertiary/aromatic N) is 3. The summed E-state index contributed by atoms with van der Waals surface area (Å²) in [5.41, 5.74) is 7.24. The zero-order valence-electron chi connectivity index (χ0n) is 11.8. The molecule has 2 rings (SSSR count). The summed E-state index contributed by atoms with van der Waals surface area (Å²) in [6, 6.07) is 8.81. The highest BCUT2D eigenvalue weighted by molar-refractivity contribution is 5.71. The van der Waals surface area contributed by atoms with Crippen LogP contribution in [0.1, 0.15) is 11.3 Å². The molecule has 2 N–H and O–H groups in total. The van der Waals surface area contributed by atoms with Crippen molar-refractivity contribution >= 4 is 6.03 Å². The van der Waals surface area contributed by atoms with Crippen LogP contribution in [-0.2, 0) is 13.6 Å². The average molecular weight is 274 g/mol. The van der Waals surface area contributed by atoms with Gasteiger partial charge in [-0.3, -0.25) is 9.48 Å². The summed E-state index contributed by atoms with van der Waals surface area (Å²) >= 11 is 0. The van der Waals surface area contributed by atoms with Gasteiger partial charge in [-0.1, -0.05) is 18.2 Å². The molecule has 1 aromatic heterocycles. The summed E-state index contributed by atoms with van der Waals surface area (Å²) in [7, 11) is 3.39. The lowest BCUT2D eigenvalue weighted by Crippen LogP contribution is -2.33. The van der Waals surface area contributed by atoms with Gasteiger partial charge in [0.05, 0.1) is 17.8 Å². The second kappa shape index (κ2) is 5.24. The van der Waals surface area contributed by atoms with Crippen LogP contribution in [0.3, 0.4) is 0 Å². The molecule has 6 nitrogen and oxygen atoms in total. The molecule has 2 aromatic rings. The molecule has 1 heterocycles. The van der Waals surface area contributed by atoms with E-state index in [1.54, 1.807) is 16.4 Å². The molecule has 0 saturated carbocycles. The minimum Gasteiger partial charge on any atom is -0.351 e. The summed E-state index contributed by atoms with van der Waals surface area (Å²) in [5.74, 6) is 0. The summed E-state index contributed by atoms with van der Waals surface area (Å²) in [5, 5.41) is 0. The van der Waals surface area contributed by atoms with Gasteiger partial charge in [-0.2, -0.15) is 0 Å². The highest BCUT2D eigenvalue weighted by Gasteiger charge is 2.18. The zero-order valence-corrected chi connectivity index (χ0v) is 11.8. The SMILES string of the molecule is Cc1c(CN(C)C(N)=O)c(=O)n(-c2ccccc2)n1C. The normalized spacial score (nSPS) is 10.6. The van der Waals surface area contributed by atoms with Crippen molar-refractivity contribution in [3.63, 3.8) is 0 Å². The minimum absolute atomic E-state index is 0.135. The van der Waals surface area contributed by atoms with Crippen LogP contribution in [0.2, 0.25) is 0 Å². The van der Waals surface area contributed by atoms with Crippen molar-refractivity contribution in [1.29, 1.82) is 0 Å².